The highest BCUT2D eigenvalue weighted by molar-refractivity contribution is 6.01. The molecule has 0 bridgehead atoms. The second-order valence-electron chi connectivity index (χ2n) is 6.01. The summed E-state index contributed by atoms with van der Waals surface area (Å²) in [7, 11) is 0. The summed E-state index contributed by atoms with van der Waals surface area (Å²) in [5.41, 5.74) is 0.623. The summed E-state index contributed by atoms with van der Waals surface area (Å²) in [5, 5.41) is 11.8. The Balaban J connectivity index is 2.09. The Bertz CT molecular complexity index is 701. The smallest absolute Gasteiger partial charge is 0.326 e. The number of anilines is 1. The van der Waals surface area contributed by atoms with Gasteiger partial charge in [-0.3, -0.25) is 9.59 Å². The van der Waals surface area contributed by atoms with Crippen LogP contribution in [0.3, 0.4) is 0 Å². The van der Waals surface area contributed by atoms with E-state index in [1.165, 1.54) is 4.90 Å². The van der Waals surface area contributed by atoms with Crippen LogP contribution in [0, 0.1) is 5.92 Å². The average Bonchev–Trinajstić information content (AvgIpc) is 3.00. The third-order valence-corrected chi connectivity index (χ3v) is 4.17. The fraction of sp³-hybridized carbons (Fsp3) is 0.421. The minimum atomic E-state index is -1.10. The van der Waals surface area contributed by atoms with Gasteiger partial charge >= 0.3 is 5.97 Å². The molecule has 140 valence electrons. The summed E-state index contributed by atoms with van der Waals surface area (Å²) in [4.78, 5) is 37.7. The van der Waals surface area contributed by atoms with Crippen LogP contribution in [-0.2, 0) is 14.4 Å². The number of carbonyl (C=O) groups is 3. The van der Waals surface area contributed by atoms with Gasteiger partial charge in [0, 0.05) is 13.0 Å². The first kappa shape index (κ1) is 19.5. The highest BCUT2D eigenvalue weighted by atomic mass is 16.5. The Morgan fingerprint density at radius 2 is 2.15 bits per heavy atom. The number of ether oxygens (including phenoxy) is 1. The molecular weight excluding hydrogens is 336 g/mol. The number of hydrogen-bond donors (Lipinski definition) is 2. The van der Waals surface area contributed by atoms with Gasteiger partial charge in [0.15, 0.2) is 0 Å². The summed E-state index contributed by atoms with van der Waals surface area (Å²) >= 11 is 0. The standard InChI is InChI=1S/C19H24N2O5/c1-3-5-8-14(19(24)25)20-18(23)13-11-17(22)21(12-13)15-9-6-7-10-16(15)26-4-2/h3,5-7,9-10,13-14H,4,8,11-12H2,1-2H3,(H,20,23)(H,24,25)/b5-3+. The number of carboxylic acid groups (broad SMARTS) is 1. The molecule has 0 aliphatic carbocycles. The van der Waals surface area contributed by atoms with Crippen LogP contribution < -0.4 is 15.0 Å². The van der Waals surface area contributed by atoms with E-state index in [0.29, 0.717) is 18.0 Å². The van der Waals surface area contributed by atoms with Gasteiger partial charge in [-0.05, 0) is 32.4 Å². The van der Waals surface area contributed by atoms with E-state index in [1.807, 2.05) is 13.0 Å². The number of hydrogen-bond acceptors (Lipinski definition) is 4. The van der Waals surface area contributed by atoms with E-state index in [1.54, 1.807) is 37.3 Å². The van der Waals surface area contributed by atoms with Crippen LogP contribution in [0.1, 0.15) is 26.7 Å². The largest absolute Gasteiger partial charge is 0.492 e. The number of para-hydroxylation sites is 2. The zero-order chi connectivity index (χ0) is 19.1. The van der Waals surface area contributed by atoms with Gasteiger partial charge in [0.25, 0.3) is 0 Å². The number of nitrogens with zero attached hydrogens (tertiary/aromatic N) is 1. The molecule has 7 nitrogen and oxygen atoms in total. The Labute approximate surface area is 152 Å². The molecule has 0 aromatic heterocycles. The maximum Gasteiger partial charge on any atom is 0.326 e. The lowest BCUT2D eigenvalue weighted by molar-refractivity contribution is -0.142. The molecule has 2 rings (SSSR count). The Hall–Kier alpha value is -2.83. The molecule has 1 saturated heterocycles. The number of allylic oxidation sites excluding steroid dienone is 1. The van der Waals surface area contributed by atoms with E-state index < -0.39 is 23.8 Å². The van der Waals surface area contributed by atoms with Crippen molar-refractivity contribution in [2.45, 2.75) is 32.7 Å². The second kappa shape index (κ2) is 9.03. The third-order valence-electron chi connectivity index (χ3n) is 4.17. The van der Waals surface area contributed by atoms with Gasteiger partial charge in [0.2, 0.25) is 11.8 Å². The first-order chi connectivity index (χ1) is 12.5. The molecule has 0 spiro atoms. The number of carboxylic acids is 1. The molecule has 1 aromatic carbocycles. The molecule has 1 aliphatic heterocycles. The molecule has 26 heavy (non-hydrogen) atoms. The maximum atomic E-state index is 12.4. The van der Waals surface area contributed by atoms with Gasteiger partial charge < -0.3 is 20.1 Å². The normalized spacial score (nSPS) is 18.2. The summed E-state index contributed by atoms with van der Waals surface area (Å²) in [6.45, 7) is 4.30. The highest BCUT2D eigenvalue weighted by Crippen LogP contribution is 2.33. The fourth-order valence-electron chi connectivity index (χ4n) is 2.86. The summed E-state index contributed by atoms with van der Waals surface area (Å²) in [6, 6.07) is 6.17. The molecule has 1 fully saturated rings. The van der Waals surface area contributed by atoms with Gasteiger partial charge in [-0.15, -0.1) is 0 Å². The molecule has 0 saturated carbocycles. The summed E-state index contributed by atoms with van der Waals surface area (Å²) in [5.74, 6) is -1.71. The third kappa shape index (κ3) is 4.62. The lowest BCUT2D eigenvalue weighted by Gasteiger charge is -2.20. The van der Waals surface area contributed by atoms with Crippen molar-refractivity contribution < 1.29 is 24.2 Å². The minimum Gasteiger partial charge on any atom is -0.492 e. The van der Waals surface area contributed by atoms with Crippen LogP contribution >= 0.6 is 0 Å². The SMILES string of the molecule is C/C=C/CC(NC(=O)C1CC(=O)N(c2ccccc2OCC)C1)C(=O)O. The van der Waals surface area contributed by atoms with Crippen LogP contribution in [0.4, 0.5) is 5.69 Å². The van der Waals surface area contributed by atoms with Gasteiger partial charge in [-0.1, -0.05) is 24.3 Å². The van der Waals surface area contributed by atoms with Crippen molar-refractivity contribution >= 4 is 23.5 Å². The first-order valence-corrected chi connectivity index (χ1v) is 8.64. The summed E-state index contributed by atoms with van der Waals surface area (Å²) in [6.07, 6.45) is 3.66. The van der Waals surface area contributed by atoms with E-state index >= 15 is 0 Å². The van der Waals surface area contributed by atoms with Crippen LogP contribution in [0.2, 0.25) is 0 Å². The molecule has 7 heteroatoms. The number of amides is 2. The second-order valence-corrected chi connectivity index (χ2v) is 6.01. The monoisotopic (exact) mass is 360 g/mol. The Morgan fingerprint density at radius 3 is 2.81 bits per heavy atom. The molecule has 2 amide bonds. The molecule has 2 atom stereocenters. The van der Waals surface area contributed by atoms with E-state index in [4.69, 9.17) is 4.74 Å². The lowest BCUT2D eigenvalue weighted by Crippen LogP contribution is -2.44. The summed E-state index contributed by atoms with van der Waals surface area (Å²) < 4.78 is 5.55. The van der Waals surface area contributed by atoms with Crippen molar-refractivity contribution in [3.05, 3.63) is 36.4 Å². The van der Waals surface area contributed by atoms with Gasteiger partial charge in [0.05, 0.1) is 18.2 Å². The van der Waals surface area contributed by atoms with Crippen molar-refractivity contribution in [1.82, 2.24) is 5.32 Å². The van der Waals surface area contributed by atoms with Crippen molar-refractivity contribution in [2.75, 3.05) is 18.1 Å². The van der Waals surface area contributed by atoms with Gasteiger partial charge in [0.1, 0.15) is 11.8 Å². The van der Waals surface area contributed by atoms with E-state index in [-0.39, 0.29) is 25.3 Å². The number of rotatable bonds is 8. The number of carbonyl (C=O) groups excluding carboxylic acids is 2. The molecule has 2 unspecified atom stereocenters. The molecule has 1 heterocycles. The molecule has 2 N–H and O–H groups in total. The quantitative estimate of drug-likeness (QED) is 0.691. The van der Waals surface area contributed by atoms with Crippen molar-refractivity contribution in [3.63, 3.8) is 0 Å². The van der Waals surface area contributed by atoms with Crippen LogP contribution in [0.15, 0.2) is 36.4 Å². The molecule has 1 aromatic rings. The van der Waals surface area contributed by atoms with Crippen LogP contribution in [0.5, 0.6) is 5.75 Å². The zero-order valence-electron chi connectivity index (χ0n) is 15.0. The zero-order valence-corrected chi connectivity index (χ0v) is 15.0. The highest BCUT2D eigenvalue weighted by Gasteiger charge is 2.37. The van der Waals surface area contributed by atoms with Crippen LogP contribution in [0.25, 0.3) is 0 Å². The molecule has 0 radical (unpaired) electrons. The predicted octanol–water partition coefficient (Wildman–Crippen LogP) is 1.97. The van der Waals surface area contributed by atoms with Crippen molar-refractivity contribution in [1.29, 1.82) is 0 Å². The number of nitrogens with one attached hydrogen (secondary N) is 1. The van der Waals surface area contributed by atoms with E-state index in [0.717, 1.165) is 0 Å². The molecular formula is C19H24N2O5. The Morgan fingerprint density at radius 1 is 1.42 bits per heavy atom. The first-order valence-electron chi connectivity index (χ1n) is 8.64. The maximum absolute atomic E-state index is 12.4. The minimum absolute atomic E-state index is 0.0439. The van der Waals surface area contributed by atoms with Crippen molar-refractivity contribution in [2.24, 2.45) is 5.92 Å². The Kier molecular flexibility index (Phi) is 6.77. The van der Waals surface area contributed by atoms with Crippen LogP contribution in [-0.4, -0.2) is 42.1 Å². The lowest BCUT2D eigenvalue weighted by atomic mass is 10.1. The fourth-order valence-corrected chi connectivity index (χ4v) is 2.86. The average molecular weight is 360 g/mol. The van der Waals surface area contributed by atoms with Gasteiger partial charge in [-0.25, -0.2) is 4.79 Å². The van der Waals surface area contributed by atoms with Gasteiger partial charge in [-0.2, -0.15) is 0 Å². The number of aliphatic carboxylic acids is 1. The predicted molar refractivity (Wildman–Crippen MR) is 97.1 cm³/mol. The molecule has 1 aliphatic rings. The van der Waals surface area contributed by atoms with E-state index in [2.05, 4.69) is 5.32 Å². The topological polar surface area (TPSA) is 95.9 Å². The van der Waals surface area contributed by atoms with E-state index in [9.17, 15) is 19.5 Å². The van der Waals surface area contributed by atoms with Crippen molar-refractivity contribution in [3.8, 4) is 5.75 Å². The number of benzene rings is 1.